The molecule has 0 bridgehead atoms. The zero-order chi connectivity index (χ0) is 28.7. The van der Waals surface area contributed by atoms with Crippen LogP contribution in [0.15, 0.2) is 48.7 Å². The molecule has 1 aromatic heterocycles. The summed E-state index contributed by atoms with van der Waals surface area (Å²) in [6.45, 7) is 5.84. The Bertz CT molecular complexity index is 1440. The minimum absolute atomic E-state index is 0.00219. The van der Waals surface area contributed by atoms with Gasteiger partial charge in [-0.1, -0.05) is 37.3 Å². The lowest BCUT2D eigenvalue weighted by atomic mass is 9.82. The van der Waals surface area contributed by atoms with Crippen molar-refractivity contribution in [3.8, 4) is 22.8 Å². The monoisotopic (exact) mass is 558 g/mol. The van der Waals surface area contributed by atoms with Crippen LogP contribution in [0.3, 0.4) is 0 Å². The molecule has 3 aromatic rings. The van der Waals surface area contributed by atoms with Crippen molar-refractivity contribution in [2.24, 2.45) is 11.8 Å². The summed E-state index contributed by atoms with van der Waals surface area (Å²) < 4.78 is 27.0. The second-order valence-corrected chi connectivity index (χ2v) is 12.1. The van der Waals surface area contributed by atoms with Crippen molar-refractivity contribution in [3.05, 3.63) is 76.7 Å². The number of aliphatic carboxylic acids is 1. The fourth-order valence-corrected chi connectivity index (χ4v) is 6.80. The molecule has 1 N–H and O–H groups in total. The van der Waals surface area contributed by atoms with Crippen LogP contribution in [0.1, 0.15) is 80.2 Å². The van der Waals surface area contributed by atoms with Crippen molar-refractivity contribution in [3.63, 3.8) is 0 Å². The van der Waals surface area contributed by atoms with E-state index in [0.717, 1.165) is 72.3 Å². The highest BCUT2D eigenvalue weighted by Gasteiger charge is 2.39. The van der Waals surface area contributed by atoms with E-state index in [1.165, 1.54) is 19.0 Å². The summed E-state index contributed by atoms with van der Waals surface area (Å²) in [6.07, 6.45) is 7.33. The van der Waals surface area contributed by atoms with E-state index in [4.69, 9.17) is 9.47 Å². The number of rotatable bonds is 9. The third-order valence-corrected chi connectivity index (χ3v) is 9.37. The van der Waals surface area contributed by atoms with Crippen LogP contribution in [0.2, 0.25) is 0 Å². The van der Waals surface area contributed by atoms with Crippen molar-refractivity contribution < 1.29 is 23.8 Å². The Kier molecular flexibility index (Phi) is 7.73. The van der Waals surface area contributed by atoms with Gasteiger partial charge in [-0.3, -0.25) is 9.69 Å². The Morgan fingerprint density at radius 2 is 1.98 bits per heavy atom. The van der Waals surface area contributed by atoms with Crippen LogP contribution in [0.5, 0.6) is 11.6 Å². The van der Waals surface area contributed by atoms with Gasteiger partial charge in [-0.05, 0) is 97.7 Å². The minimum Gasteiger partial charge on any atom is -0.485 e. The van der Waals surface area contributed by atoms with Gasteiger partial charge in [-0.15, -0.1) is 0 Å². The fraction of sp³-hybridized carbons (Fsp3) is 0.471. The number of pyridine rings is 1. The number of ether oxygens (including phenoxy) is 2. The SMILES string of the molecule is COc1cc(-c2ccc([C@@H]3CCc4ccc([C@H](C5CC5)[C@H](C)C(=O)O)cc4O3)cc2CN2CCC[C@@H]2C)c(F)cn1. The van der Waals surface area contributed by atoms with Gasteiger partial charge >= 0.3 is 5.97 Å². The molecular formula is C34H39FN2O4. The molecule has 41 heavy (non-hydrogen) atoms. The molecule has 0 radical (unpaired) electrons. The van der Waals surface area contributed by atoms with Gasteiger partial charge in [0, 0.05) is 24.2 Å². The van der Waals surface area contributed by atoms with Gasteiger partial charge in [-0.2, -0.15) is 0 Å². The number of carboxylic acid groups (broad SMARTS) is 1. The Morgan fingerprint density at radius 3 is 2.68 bits per heavy atom. The first-order valence-electron chi connectivity index (χ1n) is 14.9. The first-order valence-corrected chi connectivity index (χ1v) is 14.9. The number of aromatic nitrogens is 1. The number of fused-ring (bicyclic) bond motifs is 1. The van der Waals surface area contributed by atoms with Crippen LogP contribution in [0.4, 0.5) is 4.39 Å². The van der Waals surface area contributed by atoms with Crippen molar-refractivity contribution >= 4 is 5.97 Å². The van der Waals surface area contributed by atoms with Crippen LogP contribution in [0.25, 0.3) is 11.1 Å². The molecule has 6 nitrogen and oxygen atoms in total. The molecular weight excluding hydrogens is 519 g/mol. The summed E-state index contributed by atoms with van der Waals surface area (Å²) in [5.41, 5.74) is 5.70. The molecule has 6 rings (SSSR count). The Labute approximate surface area is 241 Å². The van der Waals surface area contributed by atoms with E-state index >= 15 is 4.39 Å². The largest absolute Gasteiger partial charge is 0.485 e. The second-order valence-electron chi connectivity index (χ2n) is 12.1. The first-order chi connectivity index (χ1) is 19.8. The number of halogens is 1. The number of hydrogen-bond acceptors (Lipinski definition) is 5. The number of aryl methyl sites for hydroxylation is 1. The van der Waals surface area contributed by atoms with Crippen LogP contribution < -0.4 is 9.47 Å². The zero-order valence-corrected chi connectivity index (χ0v) is 24.1. The van der Waals surface area contributed by atoms with Gasteiger partial charge in [0.05, 0.1) is 19.2 Å². The van der Waals surface area contributed by atoms with Crippen molar-refractivity contribution in [1.29, 1.82) is 0 Å². The topological polar surface area (TPSA) is 71.9 Å². The van der Waals surface area contributed by atoms with E-state index in [0.29, 0.717) is 23.4 Å². The normalized spacial score (nSPS) is 22.0. The number of methoxy groups -OCH3 is 1. The summed E-state index contributed by atoms with van der Waals surface area (Å²) in [5, 5.41) is 9.75. The average Bonchev–Trinajstić information content (AvgIpc) is 3.73. The molecule has 3 aliphatic rings. The molecule has 4 atom stereocenters. The van der Waals surface area contributed by atoms with E-state index in [1.54, 1.807) is 13.2 Å². The highest BCUT2D eigenvalue weighted by Crippen LogP contribution is 2.48. The summed E-state index contributed by atoms with van der Waals surface area (Å²) in [5.74, 6) is 0.111. The van der Waals surface area contributed by atoms with E-state index < -0.39 is 11.9 Å². The van der Waals surface area contributed by atoms with Gasteiger partial charge in [0.25, 0.3) is 0 Å². The second kappa shape index (κ2) is 11.4. The van der Waals surface area contributed by atoms with Gasteiger partial charge in [0.2, 0.25) is 5.88 Å². The molecule has 1 saturated carbocycles. The maximum absolute atomic E-state index is 15.1. The lowest BCUT2D eigenvalue weighted by molar-refractivity contribution is -0.142. The Morgan fingerprint density at radius 1 is 1.15 bits per heavy atom. The summed E-state index contributed by atoms with van der Waals surface area (Å²) in [4.78, 5) is 18.4. The smallest absolute Gasteiger partial charge is 0.306 e. The van der Waals surface area contributed by atoms with E-state index in [-0.39, 0.29) is 17.8 Å². The molecule has 7 heteroatoms. The molecule has 2 aliphatic heterocycles. The number of hydrogen-bond donors (Lipinski definition) is 1. The van der Waals surface area contributed by atoms with Crippen LogP contribution in [-0.4, -0.2) is 40.7 Å². The van der Waals surface area contributed by atoms with Crippen LogP contribution in [0, 0.1) is 17.7 Å². The number of benzene rings is 2. The van der Waals surface area contributed by atoms with Crippen LogP contribution in [-0.2, 0) is 17.8 Å². The van der Waals surface area contributed by atoms with E-state index in [9.17, 15) is 9.90 Å². The number of carbonyl (C=O) groups is 1. The number of likely N-dealkylation sites (tertiary alicyclic amines) is 1. The lowest BCUT2D eigenvalue weighted by Crippen LogP contribution is -2.26. The van der Waals surface area contributed by atoms with Gasteiger partial charge in [0.1, 0.15) is 17.7 Å². The van der Waals surface area contributed by atoms with Gasteiger partial charge in [-0.25, -0.2) is 9.37 Å². The van der Waals surface area contributed by atoms with Gasteiger partial charge in [0.15, 0.2) is 0 Å². The zero-order valence-electron chi connectivity index (χ0n) is 24.1. The molecule has 2 fully saturated rings. The summed E-state index contributed by atoms with van der Waals surface area (Å²) >= 11 is 0. The molecule has 0 spiro atoms. The molecule has 1 saturated heterocycles. The van der Waals surface area contributed by atoms with Crippen molar-refractivity contribution in [1.82, 2.24) is 9.88 Å². The quantitative estimate of drug-likeness (QED) is 0.300. The number of nitrogens with zero attached hydrogens (tertiary/aromatic N) is 2. The predicted molar refractivity (Wildman–Crippen MR) is 156 cm³/mol. The maximum atomic E-state index is 15.1. The third kappa shape index (κ3) is 5.69. The molecule has 3 heterocycles. The molecule has 2 aromatic carbocycles. The number of carboxylic acids is 1. The standard InChI is InChI=1S/C34H39FN2O4/c1-20-5-4-14-37(20)19-26-15-24(10-12-27(26)28-17-32(40-3)36-18-29(28)35)30-13-11-22-6-9-25(16-31(22)41-30)33(23-7-8-23)21(2)34(38)39/h6,9-10,12,15-18,20-21,23,30,33H,4-5,7-8,11,13-14,19H2,1-3H3,(H,38,39)/t20-,21-,30-,33-/m0/s1. The van der Waals surface area contributed by atoms with E-state index in [2.05, 4.69) is 47.1 Å². The van der Waals surface area contributed by atoms with E-state index in [1.807, 2.05) is 13.0 Å². The molecule has 0 unspecified atom stereocenters. The highest BCUT2D eigenvalue weighted by molar-refractivity contribution is 5.71. The molecule has 1 aliphatic carbocycles. The predicted octanol–water partition coefficient (Wildman–Crippen LogP) is 7.16. The minimum atomic E-state index is -0.749. The van der Waals surface area contributed by atoms with Crippen LogP contribution >= 0.6 is 0 Å². The maximum Gasteiger partial charge on any atom is 0.306 e. The summed E-state index contributed by atoms with van der Waals surface area (Å²) in [7, 11) is 1.54. The average molecular weight is 559 g/mol. The fourth-order valence-electron chi connectivity index (χ4n) is 6.80. The Balaban J connectivity index is 1.32. The third-order valence-electron chi connectivity index (χ3n) is 9.37. The Hall–Kier alpha value is -3.45. The summed E-state index contributed by atoms with van der Waals surface area (Å²) in [6, 6.07) is 14.7. The highest BCUT2D eigenvalue weighted by atomic mass is 19.1. The van der Waals surface area contributed by atoms with Gasteiger partial charge < -0.3 is 14.6 Å². The van der Waals surface area contributed by atoms with Crippen molar-refractivity contribution in [2.45, 2.75) is 77.0 Å². The molecule has 216 valence electrons. The van der Waals surface area contributed by atoms with Crippen molar-refractivity contribution in [2.75, 3.05) is 13.7 Å². The first kappa shape index (κ1) is 27.7. The molecule has 0 amide bonds. The lowest BCUT2D eigenvalue weighted by Gasteiger charge is -2.30.